The molecule has 1 aromatic heterocycles. The van der Waals surface area contributed by atoms with E-state index in [0.717, 1.165) is 25.1 Å². The molecule has 0 aliphatic heterocycles. The molecule has 0 bridgehead atoms. The minimum atomic E-state index is 0.269. The number of aromatic nitrogens is 3. The van der Waals surface area contributed by atoms with E-state index >= 15 is 0 Å². The fourth-order valence-electron chi connectivity index (χ4n) is 1.23. The quantitative estimate of drug-likeness (QED) is 0.718. The minimum absolute atomic E-state index is 0.269. The molecule has 1 aromatic rings. The molecular weight excluding hydrogens is 192 g/mol. The molecule has 5 heteroatoms. The van der Waals surface area contributed by atoms with Gasteiger partial charge in [-0.2, -0.15) is 0 Å². The van der Waals surface area contributed by atoms with Crippen molar-refractivity contribution in [2.75, 3.05) is 13.2 Å². The predicted molar refractivity (Wildman–Crippen MR) is 58.5 cm³/mol. The molecule has 5 nitrogen and oxygen atoms in total. The summed E-state index contributed by atoms with van der Waals surface area (Å²) in [6.07, 6.45) is 4.09. The van der Waals surface area contributed by atoms with Crippen LogP contribution in [-0.2, 0) is 17.7 Å². The Morgan fingerprint density at radius 1 is 1.53 bits per heavy atom. The van der Waals surface area contributed by atoms with Crippen LogP contribution in [0.4, 0.5) is 0 Å². The Balaban J connectivity index is 2.26. The molecule has 0 atom stereocenters. The third-order valence-corrected chi connectivity index (χ3v) is 1.99. The van der Waals surface area contributed by atoms with E-state index in [1.54, 1.807) is 0 Å². The van der Waals surface area contributed by atoms with Crippen LogP contribution in [0.2, 0.25) is 0 Å². The number of aryl methyl sites for hydroxylation is 1. The highest BCUT2D eigenvalue weighted by molar-refractivity contribution is 4.92. The van der Waals surface area contributed by atoms with E-state index in [1.807, 2.05) is 24.7 Å². The lowest BCUT2D eigenvalue weighted by molar-refractivity contribution is 0.0707. The molecule has 2 N–H and O–H groups in total. The van der Waals surface area contributed by atoms with Crippen LogP contribution in [0, 0.1) is 0 Å². The van der Waals surface area contributed by atoms with Crippen molar-refractivity contribution in [3.63, 3.8) is 0 Å². The smallest absolute Gasteiger partial charge is 0.0827 e. The van der Waals surface area contributed by atoms with Crippen molar-refractivity contribution in [3.8, 4) is 0 Å². The molecule has 1 rings (SSSR count). The molecule has 0 aromatic carbocycles. The SMILES string of the molecule is CC(C)OCCn1cc(CCCN)nn1. The maximum atomic E-state index is 5.43. The monoisotopic (exact) mass is 212 g/mol. The normalized spacial score (nSPS) is 11.2. The topological polar surface area (TPSA) is 66.0 Å². The van der Waals surface area contributed by atoms with Crippen LogP contribution in [0.1, 0.15) is 26.0 Å². The minimum Gasteiger partial charge on any atom is -0.377 e. The van der Waals surface area contributed by atoms with Crippen LogP contribution in [0.25, 0.3) is 0 Å². The summed E-state index contributed by atoms with van der Waals surface area (Å²) in [6.45, 7) is 6.18. The first-order valence-electron chi connectivity index (χ1n) is 5.43. The molecular formula is C10H20N4O. The van der Waals surface area contributed by atoms with E-state index in [1.165, 1.54) is 0 Å². The van der Waals surface area contributed by atoms with Gasteiger partial charge in [-0.3, -0.25) is 0 Å². The van der Waals surface area contributed by atoms with Crippen LogP contribution in [0.3, 0.4) is 0 Å². The van der Waals surface area contributed by atoms with Crippen molar-refractivity contribution < 1.29 is 4.74 Å². The average molecular weight is 212 g/mol. The van der Waals surface area contributed by atoms with Gasteiger partial charge in [-0.05, 0) is 33.2 Å². The Morgan fingerprint density at radius 3 is 3.00 bits per heavy atom. The van der Waals surface area contributed by atoms with Crippen molar-refractivity contribution in [1.29, 1.82) is 0 Å². The van der Waals surface area contributed by atoms with Crippen LogP contribution < -0.4 is 5.73 Å². The van der Waals surface area contributed by atoms with Crippen LogP contribution in [0.15, 0.2) is 6.20 Å². The Kier molecular flexibility index (Phi) is 5.28. The van der Waals surface area contributed by atoms with Crippen molar-refractivity contribution >= 4 is 0 Å². The third kappa shape index (κ3) is 4.90. The summed E-state index contributed by atoms with van der Waals surface area (Å²) >= 11 is 0. The summed E-state index contributed by atoms with van der Waals surface area (Å²) in [5, 5.41) is 8.07. The summed E-state index contributed by atoms with van der Waals surface area (Å²) in [6, 6.07) is 0. The van der Waals surface area contributed by atoms with E-state index < -0.39 is 0 Å². The maximum absolute atomic E-state index is 5.43. The van der Waals surface area contributed by atoms with Gasteiger partial charge in [0, 0.05) is 6.20 Å². The number of ether oxygens (including phenoxy) is 1. The number of hydrogen-bond acceptors (Lipinski definition) is 4. The largest absolute Gasteiger partial charge is 0.377 e. The van der Waals surface area contributed by atoms with Crippen LogP contribution in [0.5, 0.6) is 0 Å². The fourth-order valence-corrected chi connectivity index (χ4v) is 1.23. The van der Waals surface area contributed by atoms with E-state index in [-0.39, 0.29) is 6.10 Å². The molecule has 1 heterocycles. The molecule has 0 spiro atoms. The molecule has 86 valence electrons. The van der Waals surface area contributed by atoms with E-state index in [0.29, 0.717) is 13.2 Å². The van der Waals surface area contributed by atoms with E-state index in [2.05, 4.69) is 10.3 Å². The van der Waals surface area contributed by atoms with Gasteiger partial charge in [-0.1, -0.05) is 5.21 Å². The van der Waals surface area contributed by atoms with Crippen molar-refractivity contribution in [2.45, 2.75) is 39.3 Å². The van der Waals surface area contributed by atoms with Gasteiger partial charge in [0.25, 0.3) is 0 Å². The number of nitrogens with two attached hydrogens (primary N) is 1. The van der Waals surface area contributed by atoms with Crippen molar-refractivity contribution in [3.05, 3.63) is 11.9 Å². The Bertz CT molecular complexity index is 272. The molecule has 15 heavy (non-hydrogen) atoms. The Morgan fingerprint density at radius 2 is 2.33 bits per heavy atom. The Hall–Kier alpha value is -0.940. The Labute approximate surface area is 90.6 Å². The summed E-state index contributed by atoms with van der Waals surface area (Å²) in [5.41, 5.74) is 6.43. The van der Waals surface area contributed by atoms with Gasteiger partial charge >= 0.3 is 0 Å². The summed E-state index contributed by atoms with van der Waals surface area (Å²) in [4.78, 5) is 0. The number of rotatable bonds is 7. The van der Waals surface area contributed by atoms with Crippen LogP contribution in [-0.4, -0.2) is 34.2 Å². The highest BCUT2D eigenvalue weighted by Gasteiger charge is 2.00. The fraction of sp³-hybridized carbons (Fsp3) is 0.800. The molecule has 0 unspecified atom stereocenters. The lowest BCUT2D eigenvalue weighted by Gasteiger charge is -2.06. The number of nitrogens with zero attached hydrogens (tertiary/aromatic N) is 3. The second-order valence-corrected chi connectivity index (χ2v) is 3.78. The summed E-state index contributed by atoms with van der Waals surface area (Å²) in [5.74, 6) is 0. The third-order valence-electron chi connectivity index (χ3n) is 1.99. The first kappa shape index (κ1) is 12.1. The van der Waals surface area contributed by atoms with Crippen LogP contribution >= 0.6 is 0 Å². The van der Waals surface area contributed by atoms with Gasteiger partial charge in [-0.15, -0.1) is 5.10 Å². The lowest BCUT2D eigenvalue weighted by Crippen LogP contribution is -2.10. The molecule has 0 amide bonds. The first-order valence-corrected chi connectivity index (χ1v) is 5.43. The molecule has 0 fully saturated rings. The second-order valence-electron chi connectivity index (χ2n) is 3.78. The summed E-state index contributed by atoms with van der Waals surface area (Å²) < 4.78 is 7.24. The van der Waals surface area contributed by atoms with E-state index in [9.17, 15) is 0 Å². The van der Waals surface area contributed by atoms with Crippen molar-refractivity contribution in [2.24, 2.45) is 5.73 Å². The molecule has 0 radical (unpaired) electrons. The van der Waals surface area contributed by atoms with Crippen molar-refractivity contribution in [1.82, 2.24) is 15.0 Å². The van der Waals surface area contributed by atoms with E-state index in [4.69, 9.17) is 10.5 Å². The zero-order valence-electron chi connectivity index (χ0n) is 9.52. The molecule has 0 aliphatic rings. The van der Waals surface area contributed by atoms with Gasteiger partial charge in [0.05, 0.1) is 24.9 Å². The van der Waals surface area contributed by atoms with Gasteiger partial charge in [-0.25, -0.2) is 4.68 Å². The number of hydrogen-bond donors (Lipinski definition) is 1. The lowest BCUT2D eigenvalue weighted by atomic mass is 10.2. The predicted octanol–water partition coefficient (Wildman–Crippen LogP) is 0.594. The first-order chi connectivity index (χ1) is 7.22. The standard InChI is InChI=1S/C10H20N4O/c1-9(2)15-7-6-14-8-10(12-13-14)4-3-5-11/h8-9H,3-7,11H2,1-2H3. The molecule has 0 saturated heterocycles. The van der Waals surface area contributed by atoms with Gasteiger partial charge in [0.15, 0.2) is 0 Å². The maximum Gasteiger partial charge on any atom is 0.0827 e. The van der Waals surface area contributed by atoms with Gasteiger partial charge < -0.3 is 10.5 Å². The van der Waals surface area contributed by atoms with Gasteiger partial charge in [0.2, 0.25) is 0 Å². The zero-order chi connectivity index (χ0) is 11.1. The molecule has 0 aliphatic carbocycles. The van der Waals surface area contributed by atoms with Gasteiger partial charge in [0.1, 0.15) is 0 Å². The zero-order valence-corrected chi connectivity index (χ0v) is 9.52. The average Bonchev–Trinajstić information content (AvgIpc) is 2.62. The summed E-state index contributed by atoms with van der Waals surface area (Å²) in [7, 11) is 0. The highest BCUT2D eigenvalue weighted by Crippen LogP contribution is 1.97. The molecule has 0 saturated carbocycles. The second kappa shape index (κ2) is 6.53. The highest BCUT2D eigenvalue weighted by atomic mass is 16.5.